The van der Waals surface area contributed by atoms with Crippen LogP contribution in [0.3, 0.4) is 0 Å². The van der Waals surface area contributed by atoms with Crippen LogP contribution in [0, 0.1) is 30.0 Å². The van der Waals surface area contributed by atoms with E-state index in [4.69, 9.17) is 5.26 Å². The van der Waals surface area contributed by atoms with Gasteiger partial charge in [0.1, 0.15) is 5.82 Å². The van der Waals surface area contributed by atoms with Gasteiger partial charge in [0.05, 0.1) is 18.2 Å². The van der Waals surface area contributed by atoms with E-state index in [0.29, 0.717) is 24.4 Å². The van der Waals surface area contributed by atoms with Crippen LogP contribution < -0.4 is 4.90 Å². The van der Waals surface area contributed by atoms with Gasteiger partial charge in [0.15, 0.2) is 0 Å². The zero-order chi connectivity index (χ0) is 20.1. The van der Waals surface area contributed by atoms with Gasteiger partial charge in [-0.1, -0.05) is 12.1 Å². The molecule has 1 aliphatic rings. The molecular formula is C23H26FN3O. The van der Waals surface area contributed by atoms with Crippen molar-refractivity contribution in [2.45, 2.75) is 32.7 Å². The lowest BCUT2D eigenvalue weighted by Crippen LogP contribution is -2.36. The molecule has 0 aliphatic carbocycles. The zero-order valence-electron chi connectivity index (χ0n) is 16.5. The summed E-state index contributed by atoms with van der Waals surface area (Å²) in [7, 11) is 2.11. The van der Waals surface area contributed by atoms with E-state index in [1.807, 2.05) is 19.1 Å². The number of aryl methyl sites for hydroxylation is 1. The van der Waals surface area contributed by atoms with Crippen LogP contribution in [0.5, 0.6) is 0 Å². The standard InChI is InChI=1S/C23H26FN3O/c1-17-12-21(24)6-7-22(17)27(16-20-5-3-4-19(13-20)15-25)23(28)14-18-8-10-26(2)11-9-18/h3-7,12-13,18H,8-11,14,16H2,1-2H3. The molecule has 28 heavy (non-hydrogen) atoms. The van der Waals surface area contributed by atoms with Crippen molar-refractivity contribution in [2.75, 3.05) is 25.0 Å². The molecule has 0 saturated carbocycles. The molecule has 0 N–H and O–H groups in total. The third-order valence-corrected chi connectivity index (χ3v) is 5.45. The molecule has 1 heterocycles. The van der Waals surface area contributed by atoms with Crippen LogP contribution in [-0.4, -0.2) is 30.9 Å². The molecule has 1 fully saturated rings. The molecule has 0 aromatic heterocycles. The molecule has 2 aromatic rings. The molecule has 0 radical (unpaired) electrons. The molecule has 0 bridgehead atoms. The summed E-state index contributed by atoms with van der Waals surface area (Å²) < 4.78 is 13.6. The van der Waals surface area contributed by atoms with Gasteiger partial charge in [0.25, 0.3) is 0 Å². The van der Waals surface area contributed by atoms with E-state index in [9.17, 15) is 9.18 Å². The van der Waals surface area contributed by atoms with Gasteiger partial charge in [-0.25, -0.2) is 4.39 Å². The molecule has 3 rings (SSSR count). The highest BCUT2D eigenvalue weighted by atomic mass is 19.1. The highest BCUT2D eigenvalue weighted by molar-refractivity contribution is 5.94. The lowest BCUT2D eigenvalue weighted by molar-refractivity contribution is -0.120. The average Bonchev–Trinajstić information content (AvgIpc) is 2.68. The minimum atomic E-state index is -0.310. The van der Waals surface area contributed by atoms with Crippen molar-refractivity contribution in [3.63, 3.8) is 0 Å². The first-order valence-electron chi connectivity index (χ1n) is 9.70. The van der Waals surface area contributed by atoms with Gasteiger partial charge in [-0.2, -0.15) is 5.26 Å². The maximum atomic E-state index is 13.6. The van der Waals surface area contributed by atoms with Crippen LogP contribution in [0.15, 0.2) is 42.5 Å². The second-order valence-electron chi connectivity index (χ2n) is 7.67. The fraction of sp³-hybridized carbons (Fsp3) is 0.391. The molecule has 4 nitrogen and oxygen atoms in total. The van der Waals surface area contributed by atoms with Crippen LogP contribution in [0.1, 0.15) is 36.0 Å². The molecule has 1 aliphatic heterocycles. The molecule has 0 spiro atoms. The number of piperidine rings is 1. The number of hydrogen-bond acceptors (Lipinski definition) is 3. The fourth-order valence-electron chi connectivity index (χ4n) is 3.77. The molecular weight excluding hydrogens is 353 g/mol. The van der Waals surface area contributed by atoms with Gasteiger partial charge in [-0.3, -0.25) is 4.79 Å². The quantitative estimate of drug-likeness (QED) is 0.779. The number of rotatable bonds is 5. The normalized spacial score (nSPS) is 15.2. The van der Waals surface area contributed by atoms with Crippen molar-refractivity contribution >= 4 is 11.6 Å². The number of amides is 1. The second-order valence-corrected chi connectivity index (χ2v) is 7.67. The first-order valence-corrected chi connectivity index (χ1v) is 9.70. The van der Waals surface area contributed by atoms with Crippen LogP contribution in [0.2, 0.25) is 0 Å². The summed E-state index contributed by atoms with van der Waals surface area (Å²) in [4.78, 5) is 17.3. The minimum Gasteiger partial charge on any atom is -0.308 e. The van der Waals surface area contributed by atoms with E-state index in [2.05, 4.69) is 18.0 Å². The van der Waals surface area contributed by atoms with E-state index < -0.39 is 0 Å². The predicted molar refractivity (Wildman–Crippen MR) is 108 cm³/mol. The number of halogens is 1. The Bertz CT molecular complexity index is 882. The lowest BCUT2D eigenvalue weighted by atomic mass is 9.93. The summed E-state index contributed by atoms with van der Waals surface area (Å²) in [6.07, 6.45) is 2.52. The summed E-state index contributed by atoms with van der Waals surface area (Å²) >= 11 is 0. The van der Waals surface area contributed by atoms with Crippen LogP contribution in [-0.2, 0) is 11.3 Å². The van der Waals surface area contributed by atoms with Gasteiger partial charge in [-0.05, 0) is 87.3 Å². The maximum absolute atomic E-state index is 13.6. The smallest absolute Gasteiger partial charge is 0.227 e. The van der Waals surface area contributed by atoms with Gasteiger partial charge in [0.2, 0.25) is 5.91 Å². The Labute approximate surface area is 166 Å². The van der Waals surface area contributed by atoms with Crippen molar-refractivity contribution in [3.8, 4) is 6.07 Å². The summed E-state index contributed by atoms with van der Waals surface area (Å²) in [5.41, 5.74) is 2.91. The number of carbonyl (C=O) groups is 1. The Morgan fingerprint density at radius 1 is 1.25 bits per heavy atom. The first-order chi connectivity index (χ1) is 13.5. The maximum Gasteiger partial charge on any atom is 0.227 e. The summed E-state index contributed by atoms with van der Waals surface area (Å²) in [6.45, 7) is 4.21. The number of carbonyl (C=O) groups excluding carboxylic acids is 1. The summed E-state index contributed by atoms with van der Waals surface area (Å²) in [6, 6.07) is 13.9. The van der Waals surface area contributed by atoms with E-state index >= 15 is 0 Å². The van der Waals surface area contributed by atoms with Crippen molar-refractivity contribution in [3.05, 3.63) is 65.0 Å². The molecule has 1 amide bonds. The summed E-state index contributed by atoms with van der Waals surface area (Å²) in [5.74, 6) is 0.111. The van der Waals surface area contributed by atoms with Crippen LogP contribution >= 0.6 is 0 Å². The Morgan fingerprint density at radius 2 is 2.00 bits per heavy atom. The second kappa shape index (κ2) is 8.99. The van der Waals surface area contributed by atoms with Gasteiger partial charge in [0, 0.05) is 12.1 Å². The predicted octanol–water partition coefficient (Wildman–Crippen LogP) is 4.27. The van der Waals surface area contributed by atoms with Crippen LogP contribution in [0.25, 0.3) is 0 Å². The molecule has 0 atom stereocenters. The first kappa shape index (κ1) is 20.0. The lowest BCUT2D eigenvalue weighted by Gasteiger charge is -2.31. The topological polar surface area (TPSA) is 47.3 Å². The van der Waals surface area contributed by atoms with Gasteiger partial charge < -0.3 is 9.80 Å². The molecule has 5 heteroatoms. The number of nitriles is 1. The largest absolute Gasteiger partial charge is 0.308 e. The Kier molecular flexibility index (Phi) is 6.43. The summed E-state index contributed by atoms with van der Waals surface area (Å²) in [5, 5.41) is 9.16. The van der Waals surface area contributed by atoms with E-state index in [1.54, 1.807) is 23.1 Å². The Morgan fingerprint density at radius 3 is 2.68 bits per heavy atom. The van der Waals surface area contributed by atoms with E-state index in [0.717, 1.165) is 42.7 Å². The fourth-order valence-corrected chi connectivity index (χ4v) is 3.77. The molecule has 1 saturated heterocycles. The van der Waals surface area contributed by atoms with Crippen molar-refractivity contribution in [1.29, 1.82) is 5.26 Å². The SMILES string of the molecule is Cc1cc(F)ccc1N(Cc1cccc(C#N)c1)C(=O)CC1CCN(C)CC1. The number of likely N-dealkylation sites (tertiary alicyclic amines) is 1. The molecule has 146 valence electrons. The van der Waals surface area contributed by atoms with Crippen molar-refractivity contribution < 1.29 is 9.18 Å². The highest BCUT2D eigenvalue weighted by Crippen LogP contribution is 2.27. The number of anilines is 1. The zero-order valence-corrected chi connectivity index (χ0v) is 16.5. The van der Waals surface area contributed by atoms with Crippen molar-refractivity contribution in [1.82, 2.24) is 4.90 Å². The third kappa shape index (κ3) is 4.96. The Hall–Kier alpha value is -2.71. The van der Waals surface area contributed by atoms with Gasteiger partial charge >= 0.3 is 0 Å². The average molecular weight is 379 g/mol. The highest BCUT2D eigenvalue weighted by Gasteiger charge is 2.24. The van der Waals surface area contributed by atoms with E-state index in [1.165, 1.54) is 12.1 Å². The van der Waals surface area contributed by atoms with E-state index in [-0.39, 0.29) is 11.7 Å². The van der Waals surface area contributed by atoms with Crippen molar-refractivity contribution in [2.24, 2.45) is 5.92 Å². The third-order valence-electron chi connectivity index (χ3n) is 5.45. The molecule has 2 aromatic carbocycles. The van der Waals surface area contributed by atoms with Crippen LogP contribution in [0.4, 0.5) is 10.1 Å². The number of nitrogens with zero attached hydrogens (tertiary/aromatic N) is 3. The monoisotopic (exact) mass is 379 g/mol. The van der Waals surface area contributed by atoms with Gasteiger partial charge in [-0.15, -0.1) is 0 Å². The number of benzene rings is 2. The molecule has 0 unspecified atom stereocenters. The number of hydrogen-bond donors (Lipinski definition) is 0. The Balaban J connectivity index is 1.85. The minimum absolute atomic E-state index is 0.0478.